The van der Waals surface area contributed by atoms with Crippen molar-refractivity contribution in [1.29, 1.82) is 0 Å². The maximum absolute atomic E-state index is 5.45. The van der Waals surface area contributed by atoms with Gasteiger partial charge < -0.3 is 15.0 Å². The van der Waals surface area contributed by atoms with Crippen molar-refractivity contribution in [2.45, 2.75) is 46.6 Å². The molecule has 0 unspecified atom stereocenters. The first kappa shape index (κ1) is 18.1. The average molecular weight is 368 g/mol. The highest BCUT2D eigenvalue weighted by Gasteiger charge is 2.34. The topological polar surface area (TPSA) is 76.1 Å². The second-order valence-electron chi connectivity index (χ2n) is 8.35. The number of morpholine rings is 1. The summed E-state index contributed by atoms with van der Waals surface area (Å²) in [7, 11) is 0. The highest BCUT2D eigenvalue weighted by Crippen LogP contribution is 2.41. The van der Waals surface area contributed by atoms with Crippen molar-refractivity contribution < 1.29 is 4.74 Å². The minimum absolute atomic E-state index is 0.149. The Labute approximate surface area is 160 Å². The SMILES string of the molecule is Cc1ncnc(N[C@@H]2CC(C)(C)Cc3nc(N4CCOCC4)ncc32)c1C. The lowest BCUT2D eigenvalue weighted by atomic mass is 9.74. The van der Waals surface area contributed by atoms with E-state index in [4.69, 9.17) is 9.72 Å². The molecule has 1 N–H and O–H groups in total. The quantitative estimate of drug-likeness (QED) is 0.893. The summed E-state index contributed by atoms with van der Waals surface area (Å²) >= 11 is 0. The summed E-state index contributed by atoms with van der Waals surface area (Å²) in [5.41, 5.74) is 4.58. The van der Waals surface area contributed by atoms with E-state index < -0.39 is 0 Å². The van der Waals surface area contributed by atoms with Crippen molar-refractivity contribution in [3.63, 3.8) is 0 Å². The minimum Gasteiger partial charge on any atom is -0.378 e. The van der Waals surface area contributed by atoms with E-state index in [9.17, 15) is 0 Å². The highest BCUT2D eigenvalue weighted by atomic mass is 16.5. The van der Waals surface area contributed by atoms with Gasteiger partial charge in [0.2, 0.25) is 5.95 Å². The van der Waals surface area contributed by atoms with E-state index in [0.717, 1.165) is 67.9 Å². The molecular weight excluding hydrogens is 340 g/mol. The average Bonchev–Trinajstić information content (AvgIpc) is 2.65. The molecule has 0 spiro atoms. The van der Waals surface area contributed by atoms with Crippen molar-refractivity contribution in [2.75, 3.05) is 36.5 Å². The Bertz CT molecular complexity index is 831. The Kier molecular flexibility index (Phi) is 4.72. The van der Waals surface area contributed by atoms with Gasteiger partial charge in [-0.25, -0.2) is 19.9 Å². The van der Waals surface area contributed by atoms with E-state index in [0.29, 0.717) is 0 Å². The molecule has 1 aliphatic heterocycles. The van der Waals surface area contributed by atoms with Gasteiger partial charge >= 0.3 is 0 Å². The number of aryl methyl sites for hydroxylation is 1. The zero-order valence-electron chi connectivity index (χ0n) is 16.6. The standard InChI is InChI=1S/C20H28N6O/c1-13-14(2)22-12-23-18(13)24-16-9-20(3,4)10-17-15(16)11-21-19(25-17)26-5-7-27-8-6-26/h11-12,16H,5-10H2,1-4H3,(H,22,23,24)/t16-/m1/s1. The summed E-state index contributed by atoms with van der Waals surface area (Å²) in [6.45, 7) is 11.9. The number of anilines is 2. The summed E-state index contributed by atoms with van der Waals surface area (Å²) in [6.07, 6.45) is 5.60. The Morgan fingerprint density at radius 3 is 2.70 bits per heavy atom. The van der Waals surface area contributed by atoms with Gasteiger partial charge in [-0.05, 0) is 32.1 Å². The zero-order chi connectivity index (χ0) is 19.0. The number of hydrogen-bond acceptors (Lipinski definition) is 7. The van der Waals surface area contributed by atoms with Gasteiger partial charge in [-0.1, -0.05) is 13.8 Å². The molecule has 7 heteroatoms. The molecule has 27 heavy (non-hydrogen) atoms. The van der Waals surface area contributed by atoms with Crippen LogP contribution in [0.5, 0.6) is 0 Å². The number of aromatic nitrogens is 4. The van der Waals surface area contributed by atoms with Crippen LogP contribution in [0, 0.1) is 19.3 Å². The number of nitrogens with zero attached hydrogens (tertiary/aromatic N) is 5. The van der Waals surface area contributed by atoms with Gasteiger partial charge in [0, 0.05) is 36.1 Å². The maximum Gasteiger partial charge on any atom is 0.225 e. The summed E-state index contributed by atoms with van der Waals surface area (Å²) in [5, 5.41) is 3.64. The fourth-order valence-corrected chi connectivity index (χ4v) is 3.93. The fourth-order valence-electron chi connectivity index (χ4n) is 3.93. The molecule has 1 atom stereocenters. The summed E-state index contributed by atoms with van der Waals surface area (Å²) < 4.78 is 5.45. The van der Waals surface area contributed by atoms with Crippen LogP contribution >= 0.6 is 0 Å². The van der Waals surface area contributed by atoms with Gasteiger partial charge in [0.25, 0.3) is 0 Å². The van der Waals surface area contributed by atoms with Crippen molar-refractivity contribution >= 4 is 11.8 Å². The van der Waals surface area contributed by atoms with E-state index in [2.05, 4.69) is 45.9 Å². The van der Waals surface area contributed by atoms with Gasteiger partial charge in [-0.15, -0.1) is 0 Å². The van der Waals surface area contributed by atoms with Crippen LogP contribution in [0.25, 0.3) is 0 Å². The van der Waals surface area contributed by atoms with Crippen molar-refractivity contribution in [1.82, 2.24) is 19.9 Å². The Balaban J connectivity index is 1.65. The number of hydrogen-bond donors (Lipinski definition) is 1. The van der Waals surface area contributed by atoms with Crippen LogP contribution in [0.3, 0.4) is 0 Å². The zero-order valence-corrected chi connectivity index (χ0v) is 16.6. The molecule has 0 radical (unpaired) electrons. The van der Waals surface area contributed by atoms with Crippen LogP contribution in [0.15, 0.2) is 12.5 Å². The molecule has 2 aromatic heterocycles. The predicted molar refractivity (Wildman–Crippen MR) is 105 cm³/mol. The number of nitrogens with one attached hydrogen (secondary N) is 1. The van der Waals surface area contributed by atoms with Gasteiger partial charge in [-0.2, -0.15) is 0 Å². The number of fused-ring (bicyclic) bond motifs is 1. The van der Waals surface area contributed by atoms with Crippen LogP contribution in [-0.4, -0.2) is 46.2 Å². The van der Waals surface area contributed by atoms with Crippen LogP contribution < -0.4 is 10.2 Å². The third-order valence-corrected chi connectivity index (χ3v) is 5.61. The molecule has 1 fully saturated rings. The highest BCUT2D eigenvalue weighted by molar-refractivity contribution is 5.48. The Morgan fingerprint density at radius 2 is 1.93 bits per heavy atom. The van der Waals surface area contributed by atoms with Crippen molar-refractivity contribution in [2.24, 2.45) is 5.41 Å². The Hall–Kier alpha value is -2.28. The lowest BCUT2D eigenvalue weighted by Crippen LogP contribution is -2.38. The molecule has 0 saturated carbocycles. The number of ether oxygens (including phenoxy) is 1. The molecule has 7 nitrogen and oxygen atoms in total. The molecule has 0 aromatic carbocycles. The fraction of sp³-hybridized carbons (Fsp3) is 0.600. The van der Waals surface area contributed by atoms with E-state index in [1.54, 1.807) is 6.33 Å². The molecule has 1 saturated heterocycles. The summed E-state index contributed by atoms with van der Waals surface area (Å²) in [6, 6.07) is 0.149. The first-order chi connectivity index (χ1) is 12.9. The molecule has 3 heterocycles. The molecule has 144 valence electrons. The van der Waals surface area contributed by atoms with E-state index >= 15 is 0 Å². The van der Waals surface area contributed by atoms with Gasteiger partial charge in [0.1, 0.15) is 12.1 Å². The van der Waals surface area contributed by atoms with Crippen LogP contribution in [0.4, 0.5) is 11.8 Å². The second-order valence-corrected chi connectivity index (χ2v) is 8.35. The lowest BCUT2D eigenvalue weighted by molar-refractivity contribution is 0.122. The Morgan fingerprint density at radius 1 is 1.15 bits per heavy atom. The van der Waals surface area contributed by atoms with E-state index in [1.807, 2.05) is 13.1 Å². The van der Waals surface area contributed by atoms with E-state index in [1.165, 1.54) is 5.56 Å². The second kappa shape index (κ2) is 7.03. The van der Waals surface area contributed by atoms with Crippen LogP contribution in [0.1, 0.15) is 48.8 Å². The molecule has 2 aromatic rings. The maximum atomic E-state index is 5.45. The predicted octanol–water partition coefficient (Wildman–Crippen LogP) is 2.85. The third kappa shape index (κ3) is 3.74. The smallest absolute Gasteiger partial charge is 0.225 e. The largest absolute Gasteiger partial charge is 0.378 e. The third-order valence-electron chi connectivity index (χ3n) is 5.61. The molecule has 2 aliphatic rings. The van der Waals surface area contributed by atoms with Gasteiger partial charge in [-0.3, -0.25) is 0 Å². The van der Waals surface area contributed by atoms with Crippen LogP contribution in [0.2, 0.25) is 0 Å². The van der Waals surface area contributed by atoms with Crippen molar-refractivity contribution in [3.05, 3.63) is 35.0 Å². The molecule has 4 rings (SSSR count). The van der Waals surface area contributed by atoms with Crippen LogP contribution in [-0.2, 0) is 11.2 Å². The van der Waals surface area contributed by atoms with Gasteiger partial charge in [0.05, 0.1) is 24.9 Å². The molecular formula is C20H28N6O. The summed E-state index contributed by atoms with van der Waals surface area (Å²) in [5.74, 6) is 1.72. The number of rotatable bonds is 3. The monoisotopic (exact) mass is 368 g/mol. The summed E-state index contributed by atoms with van der Waals surface area (Å²) in [4.78, 5) is 20.6. The van der Waals surface area contributed by atoms with E-state index in [-0.39, 0.29) is 11.5 Å². The van der Waals surface area contributed by atoms with Crippen molar-refractivity contribution in [3.8, 4) is 0 Å². The minimum atomic E-state index is 0.149. The molecule has 0 bridgehead atoms. The lowest BCUT2D eigenvalue weighted by Gasteiger charge is -2.37. The first-order valence-corrected chi connectivity index (χ1v) is 9.66. The van der Waals surface area contributed by atoms with Gasteiger partial charge in [0.15, 0.2) is 0 Å². The normalized spacial score (nSPS) is 21.6. The molecule has 0 amide bonds. The molecule has 1 aliphatic carbocycles. The first-order valence-electron chi connectivity index (χ1n) is 9.66.